The average molecular weight is 454 g/mol. The van der Waals surface area contributed by atoms with Crippen molar-refractivity contribution >= 4 is 23.0 Å². The van der Waals surface area contributed by atoms with Crippen LogP contribution in [0.25, 0.3) is 11.0 Å². The van der Waals surface area contributed by atoms with Gasteiger partial charge in [-0.1, -0.05) is 55.8 Å². The van der Waals surface area contributed by atoms with Gasteiger partial charge in [-0.25, -0.2) is 9.78 Å². The molecule has 4 aromatic rings. The largest absolute Gasteiger partial charge is 0.463 e. The van der Waals surface area contributed by atoms with E-state index in [0.29, 0.717) is 24.4 Å². The van der Waals surface area contributed by atoms with Crippen molar-refractivity contribution in [2.24, 2.45) is 0 Å². The van der Waals surface area contributed by atoms with Crippen molar-refractivity contribution < 1.29 is 14.3 Å². The second kappa shape index (κ2) is 9.43. The predicted octanol–water partition coefficient (Wildman–Crippen LogP) is 6.46. The van der Waals surface area contributed by atoms with Crippen LogP contribution in [0, 0.1) is 0 Å². The number of hydrogen-bond acceptors (Lipinski definition) is 5. The van der Waals surface area contributed by atoms with Gasteiger partial charge in [0.15, 0.2) is 0 Å². The highest BCUT2D eigenvalue weighted by molar-refractivity contribution is 5.94. The number of carbonyl (C=O) groups excluding carboxylic acids is 1. The van der Waals surface area contributed by atoms with Gasteiger partial charge in [0.2, 0.25) is 5.95 Å². The average Bonchev–Trinajstić information content (AvgIpc) is 3.22. The molecule has 0 saturated carbocycles. The number of nitrogens with zero attached hydrogens (tertiary/aromatic N) is 2. The molecule has 0 saturated heterocycles. The molecule has 3 aromatic carbocycles. The molecule has 0 amide bonds. The van der Waals surface area contributed by atoms with E-state index in [2.05, 4.69) is 16.8 Å². The maximum absolute atomic E-state index is 13.3. The van der Waals surface area contributed by atoms with Gasteiger partial charge in [-0.05, 0) is 55.3 Å². The molecule has 0 radical (unpaired) electrons. The molecule has 172 valence electrons. The topological polar surface area (TPSA) is 65.4 Å². The molecule has 0 spiro atoms. The molecular weight excluding hydrogens is 426 g/mol. The fraction of sp³-hybridized carbons (Fsp3) is 0.214. The van der Waals surface area contributed by atoms with Crippen LogP contribution in [-0.4, -0.2) is 22.1 Å². The fourth-order valence-electron chi connectivity index (χ4n) is 4.47. The molecule has 1 N–H and O–H groups in total. The van der Waals surface area contributed by atoms with E-state index < -0.39 is 6.04 Å². The van der Waals surface area contributed by atoms with Crippen molar-refractivity contribution in [2.75, 3.05) is 11.9 Å². The first-order valence-electron chi connectivity index (χ1n) is 11.7. The van der Waals surface area contributed by atoms with Crippen molar-refractivity contribution in [3.05, 3.63) is 95.7 Å². The van der Waals surface area contributed by atoms with E-state index in [-0.39, 0.29) is 5.97 Å². The molecule has 0 fully saturated rings. The summed E-state index contributed by atoms with van der Waals surface area (Å²) in [4.78, 5) is 18.2. The van der Waals surface area contributed by atoms with Crippen LogP contribution in [-0.2, 0) is 9.53 Å². The third-order valence-electron chi connectivity index (χ3n) is 5.86. The number of benzene rings is 3. The maximum Gasteiger partial charge on any atom is 0.338 e. The predicted molar refractivity (Wildman–Crippen MR) is 133 cm³/mol. The number of para-hydroxylation sites is 3. The van der Waals surface area contributed by atoms with E-state index in [1.165, 1.54) is 0 Å². The number of carbonyl (C=O) groups is 1. The quantitative estimate of drug-likeness (QED) is 0.325. The van der Waals surface area contributed by atoms with Gasteiger partial charge in [-0.2, -0.15) is 0 Å². The molecule has 6 heteroatoms. The fourth-order valence-corrected chi connectivity index (χ4v) is 4.47. The Bertz CT molecular complexity index is 1360. The van der Waals surface area contributed by atoms with Crippen LogP contribution in [0.15, 0.2) is 90.1 Å². The summed E-state index contributed by atoms with van der Waals surface area (Å²) in [5, 5.41) is 3.43. The Morgan fingerprint density at radius 1 is 0.971 bits per heavy atom. The highest BCUT2D eigenvalue weighted by Gasteiger charge is 2.36. The Labute approximate surface area is 198 Å². The molecule has 0 aliphatic carbocycles. The molecular formula is C28H27N3O3. The van der Waals surface area contributed by atoms with Crippen LogP contribution in [0.3, 0.4) is 0 Å². The van der Waals surface area contributed by atoms with Gasteiger partial charge in [0, 0.05) is 5.70 Å². The Kier molecular flexibility index (Phi) is 6.04. The number of anilines is 1. The van der Waals surface area contributed by atoms with E-state index in [1.54, 1.807) is 0 Å². The lowest BCUT2D eigenvalue weighted by Crippen LogP contribution is -2.29. The van der Waals surface area contributed by atoms with Crippen molar-refractivity contribution in [1.29, 1.82) is 0 Å². The molecule has 2 heterocycles. The minimum Gasteiger partial charge on any atom is -0.463 e. The van der Waals surface area contributed by atoms with Gasteiger partial charge >= 0.3 is 5.97 Å². The summed E-state index contributed by atoms with van der Waals surface area (Å²) < 4.78 is 13.7. The standard InChI is InChI=1S/C28H27N3O3/c1-3-11-23-25(27(32)33-4-2)26(31-24-17-9-8-16-22(24)29-28(31)30-23)19-12-10-15-21(18-19)34-20-13-6-5-7-14-20/h5-10,12-18,26H,3-4,11H2,1-2H3,(H,29,30). The van der Waals surface area contributed by atoms with E-state index in [1.807, 2.05) is 85.8 Å². The van der Waals surface area contributed by atoms with Crippen molar-refractivity contribution in [3.63, 3.8) is 0 Å². The monoisotopic (exact) mass is 453 g/mol. The summed E-state index contributed by atoms with van der Waals surface area (Å²) in [6.45, 7) is 4.23. The zero-order valence-corrected chi connectivity index (χ0v) is 19.3. The van der Waals surface area contributed by atoms with Gasteiger partial charge in [-0.3, -0.25) is 4.57 Å². The summed E-state index contributed by atoms with van der Waals surface area (Å²) in [5.41, 5.74) is 4.20. The number of rotatable bonds is 7. The molecule has 1 atom stereocenters. The highest BCUT2D eigenvalue weighted by atomic mass is 16.5. The lowest BCUT2D eigenvalue weighted by molar-refractivity contribution is -0.139. The van der Waals surface area contributed by atoms with Gasteiger partial charge in [0.05, 0.1) is 29.3 Å². The smallest absolute Gasteiger partial charge is 0.338 e. The molecule has 0 bridgehead atoms. The maximum atomic E-state index is 13.3. The van der Waals surface area contributed by atoms with Crippen LogP contribution in [0.2, 0.25) is 0 Å². The Morgan fingerprint density at radius 2 is 1.74 bits per heavy atom. The minimum absolute atomic E-state index is 0.309. The Balaban J connectivity index is 1.68. The zero-order chi connectivity index (χ0) is 23.5. The number of fused-ring (bicyclic) bond motifs is 3. The summed E-state index contributed by atoms with van der Waals surface area (Å²) in [5.74, 6) is 1.86. The molecule has 1 aliphatic heterocycles. The zero-order valence-electron chi connectivity index (χ0n) is 19.3. The van der Waals surface area contributed by atoms with Gasteiger partial charge in [-0.15, -0.1) is 0 Å². The summed E-state index contributed by atoms with van der Waals surface area (Å²) in [6.07, 6.45) is 1.60. The summed E-state index contributed by atoms with van der Waals surface area (Å²) in [7, 11) is 0. The number of hydrogen-bond donors (Lipinski definition) is 1. The first kappa shape index (κ1) is 21.8. The van der Waals surface area contributed by atoms with E-state index in [9.17, 15) is 4.79 Å². The molecule has 1 unspecified atom stereocenters. The second-order valence-corrected chi connectivity index (χ2v) is 8.17. The van der Waals surface area contributed by atoms with Crippen LogP contribution < -0.4 is 10.1 Å². The van der Waals surface area contributed by atoms with E-state index >= 15 is 0 Å². The number of aromatic nitrogens is 2. The van der Waals surface area contributed by atoms with E-state index in [0.717, 1.165) is 40.4 Å². The van der Waals surface area contributed by atoms with Gasteiger partial charge < -0.3 is 14.8 Å². The molecule has 1 aromatic heterocycles. The van der Waals surface area contributed by atoms with Crippen molar-refractivity contribution in [3.8, 4) is 11.5 Å². The lowest BCUT2D eigenvalue weighted by atomic mass is 9.93. The van der Waals surface area contributed by atoms with Crippen molar-refractivity contribution in [1.82, 2.24) is 9.55 Å². The Morgan fingerprint density at radius 3 is 2.53 bits per heavy atom. The third-order valence-corrected chi connectivity index (χ3v) is 5.86. The lowest BCUT2D eigenvalue weighted by Gasteiger charge is -2.31. The number of ether oxygens (including phenoxy) is 2. The summed E-state index contributed by atoms with van der Waals surface area (Å²) in [6, 6.07) is 25.1. The number of nitrogens with one attached hydrogen (secondary N) is 1. The van der Waals surface area contributed by atoms with Crippen LogP contribution in [0.4, 0.5) is 5.95 Å². The minimum atomic E-state index is -0.399. The number of esters is 1. The normalized spacial score (nSPS) is 15.1. The second-order valence-electron chi connectivity index (χ2n) is 8.17. The third kappa shape index (κ3) is 4.03. The summed E-state index contributed by atoms with van der Waals surface area (Å²) >= 11 is 0. The van der Waals surface area contributed by atoms with Crippen LogP contribution >= 0.6 is 0 Å². The SMILES string of the molecule is CCCC1=C(C(=O)OCC)C(c2cccc(Oc3ccccc3)c2)n2c(nc3ccccc32)N1. The molecule has 34 heavy (non-hydrogen) atoms. The number of imidazole rings is 1. The Hall–Kier alpha value is -4.06. The first-order chi connectivity index (χ1) is 16.7. The molecule has 6 nitrogen and oxygen atoms in total. The molecule has 1 aliphatic rings. The van der Waals surface area contributed by atoms with Crippen LogP contribution in [0.1, 0.15) is 38.3 Å². The first-order valence-corrected chi connectivity index (χ1v) is 11.7. The van der Waals surface area contributed by atoms with Gasteiger partial charge in [0.1, 0.15) is 11.5 Å². The number of allylic oxidation sites excluding steroid dienone is 1. The van der Waals surface area contributed by atoms with E-state index in [4.69, 9.17) is 14.5 Å². The van der Waals surface area contributed by atoms with Gasteiger partial charge in [0.25, 0.3) is 0 Å². The highest BCUT2D eigenvalue weighted by Crippen LogP contribution is 2.41. The molecule has 5 rings (SSSR count). The van der Waals surface area contributed by atoms with Crippen molar-refractivity contribution in [2.45, 2.75) is 32.7 Å². The van der Waals surface area contributed by atoms with Crippen LogP contribution in [0.5, 0.6) is 11.5 Å².